The normalized spacial score (nSPS) is 25.9. The van der Waals surface area contributed by atoms with Crippen molar-refractivity contribution in [3.05, 3.63) is 85.1 Å². The van der Waals surface area contributed by atoms with Crippen molar-refractivity contribution in [3.8, 4) is 0 Å². The van der Waals surface area contributed by atoms with Gasteiger partial charge < -0.3 is 89.9 Å². The number of ether oxygens (including phenoxy) is 6. The van der Waals surface area contributed by atoms with E-state index in [0.29, 0.717) is 12.8 Å². The fourth-order valence-electron chi connectivity index (χ4n) is 14.4. The third kappa shape index (κ3) is 46.7. The summed E-state index contributed by atoms with van der Waals surface area (Å²) in [7, 11) is 0. The van der Waals surface area contributed by atoms with Crippen LogP contribution in [0.25, 0.3) is 0 Å². The molecule has 19 nitrogen and oxygen atoms in total. The molecule has 3 aliphatic rings. The summed E-state index contributed by atoms with van der Waals surface area (Å²) in [5.74, 6) is -0.239. The molecule has 107 heavy (non-hydrogen) atoms. The summed E-state index contributed by atoms with van der Waals surface area (Å²) in [5.41, 5.74) is 0. The molecule has 19 heteroatoms. The van der Waals surface area contributed by atoms with Gasteiger partial charge in [0.1, 0.15) is 73.2 Å². The Morgan fingerprint density at radius 2 is 0.645 bits per heavy atom. The van der Waals surface area contributed by atoms with Gasteiger partial charge in [-0.3, -0.25) is 4.79 Å². The molecule has 3 heterocycles. The quantitative estimate of drug-likeness (QED) is 0.0199. The molecule has 17 atom stereocenters. The van der Waals surface area contributed by atoms with Crippen LogP contribution < -0.4 is 5.32 Å². The first-order valence-corrected chi connectivity index (χ1v) is 43.3. The molecule has 0 aliphatic carbocycles. The van der Waals surface area contributed by atoms with E-state index < -0.39 is 124 Å². The average Bonchev–Trinajstić information content (AvgIpc) is 0.781. The molecule has 3 rings (SSSR count). The molecule has 3 saturated heterocycles. The lowest BCUT2D eigenvalue weighted by Gasteiger charge is -2.48. The van der Waals surface area contributed by atoms with Crippen molar-refractivity contribution in [3.63, 3.8) is 0 Å². The zero-order valence-corrected chi connectivity index (χ0v) is 66.9. The van der Waals surface area contributed by atoms with Gasteiger partial charge >= 0.3 is 0 Å². The van der Waals surface area contributed by atoms with Crippen LogP contribution in [0.3, 0.4) is 0 Å². The van der Waals surface area contributed by atoms with E-state index >= 15 is 0 Å². The highest BCUT2D eigenvalue weighted by Crippen LogP contribution is 2.33. The number of allylic oxidation sites excluding steroid dienone is 14. The highest BCUT2D eigenvalue weighted by atomic mass is 16.8. The van der Waals surface area contributed by atoms with Crippen LogP contribution >= 0.6 is 0 Å². The van der Waals surface area contributed by atoms with E-state index in [1.165, 1.54) is 212 Å². The van der Waals surface area contributed by atoms with Crippen LogP contribution in [0, 0.1) is 0 Å². The lowest BCUT2D eigenvalue weighted by atomic mass is 9.96. The van der Waals surface area contributed by atoms with E-state index in [4.69, 9.17) is 28.4 Å². The Hall–Kier alpha value is -3.03. The third-order valence-electron chi connectivity index (χ3n) is 21.2. The number of unbranched alkanes of at least 4 members (excludes halogenated alkanes) is 39. The van der Waals surface area contributed by atoms with Crippen LogP contribution in [-0.4, -0.2) is 193 Å². The predicted molar refractivity (Wildman–Crippen MR) is 429 cm³/mol. The average molecular weight is 1520 g/mol. The molecule has 0 bridgehead atoms. The topological polar surface area (TPSA) is 307 Å². The minimum atomic E-state index is -1.97. The molecule has 1 amide bonds. The Balaban J connectivity index is 1.31. The number of carbonyl (C=O) groups excluding carboxylic acids is 1. The first kappa shape index (κ1) is 98.2. The summed E-state index contributed by atoms with van der Waals surface area (Å²) >= 11 is 0. The molecule has 0 radical (unpaired) electrons. The van der Waals surface area contributed by atoms with Gasteiger partial charge in [-0.2, -0.15) is 0 Å². The van der Waals surface area contributed by atoms with Crippen LogP contribution in [0.1, 0.15) is 335 Å². The number of hydrogen-bond acceptors (Lipinski definition) is 18. The van der Waals surface area contributed by atoms with E-state index in [1.807, 2.05) is 0 Å². The van der Waals surface area contributed by atoms with Gasteiger partial charge in [0.05, 0.1) is 38.6 Å². The molecular formula is C88H157NO18. The second-order valence-electron chi connectivity index (χ2n) is 30.6. The lowest BCUT2D eigenvalue weighted by molar-refractivity contribution is -0.379. The summed E-state index contributed by atoms with van der Waals surface area (Å²) in [6.07, 6.45) is 63.9. The van der Waals surface area contributed by atoms with Gasteiger partial charge in [0, 0.05) is 6.42 Å². The molecule has 3 fully saturated rings. The third-order valence-corrected chi connectivity index (χ3v) is 21.2. The zero-order valence-electron chi connectivity index (χ0n) is 66.9. The SMILES string of the molecule is CC/C=C\C/C=C\C/C=C\C/C=C\C/C=C\C/C=C\C/C=C\CCCCCCCCCCCCCCCCCCCC(=O)NC(COC1OC(CO)C(OC2OC(CO)C(OC3OC(CO)C(O)C(O)C3O)C(O)C2O)C(O)C1O)C(O)CCCCCCCCCCCCCCCCCCCCCCCCC. The first-order chi connectivity index (χ1) is 52.3. The van der Waals surface area contributed by atoms with E-state index in [9.17, 15) is 61.0 Å². The summed E-state index contributed by atoms with van der Waals surface area (Å²) in [5, 5.41) is 121. The predicted octanol–water partition coefficient (Wildman–Crippen LogP) is 15.7. The second kappa shape index (κ2) is 67.5. The fourth-order valence-corrected chi connectivity index (χ4v) is 14.4. The second-order valence-corrected chi connectivity index (χ2v) is 30.6. The Kier molecular flexibility index (Phi) is 61.9. The van der Waals surface area contributed by atoms with E-state index in [0.717, 1.165) is 89.9 Å². The van der Waals surface area contributed by atoms with Crippen LogP contribution in [0.5, 0.6) is 0 Å². The van der Waals surface area contributed by atoms with Crippen LogP contribution in [-0.2, 0) is 33.2 Å². The summed E-state index contributed by atoms with van der Waals surface area (Å²) in [4.78, 5) is 13.5. The van der Waals surface area contributed by atoms with Gasteiger partial charge in [-0.25, -0.2) is 0 Å². The van der Waals surface area contributed by atoms with Gasteiger partial charge in [0.15, 0.2) is 18.9 Å². The molecule has 12 N–H and O–H groups in total. The molecule has 3 aliphatic heterocycles. The van der Waals surface area contributed by atoms with Crippen molar-refractivity contribution in [1.82, 2.24) is 5.32 Å². The van der Waals surface area contributed by atoms with Crippen molar-refractivity contribution in [2.45, 2.75) is 439 Å². The van der Waals surface area contributed by atoms with E-state index in [1.54, 1.807) is 0 Å². The first-order valence-electron chi connectivity index (χ1n) is 43.3. The highest BCUT2D eigenvalue weighted by Gasteiger charge is 2.54. The minimum absolute atomic E-state index is 0.239. The maximum atomic E-state index is 13.5. The number of aliphatic hydroxyl groups excluding tert-OH is 11. The van der Waals surface area contributed by atoms with Gasteiger partial charge in [0.25, 0.3) is 0 Å². The number of aliphatic hydroxyl groups is 11. The standard InChI is InChI=1S/C88H157NO18/c1-3-5-7-9-11-13-15-17-19-21-23-25-27-28-29-30-31-32-33-34-35-36-37-38-39-40-41-42-44-46-48-50-52-54-56-58-60-62-64-66-76(94)89-71(72(93)65-63-61-59-57-55-53-51-49-47-45-43-26-24-22-20-18-16-14-12-10-8-6-4-2)70-102-86-82(100)79(97)84(74(68-91)104-86)107-88-83(101)80(98)85(75(69-92)105-88)106-87-81(99)78(96)77(95)73(67-90)103-87/h5,7,11,13,17,19,23,25,28-29,31-32,34-35,71-75,77-88,90-93,95-101H,3-4,6,8-10,12,14-16,18,20-22,24,26-27,30,33,36-70H2,1-2H3,(H,89,94)/b7-5-,13-11-,19-17-,25-23-,29-28-,32-31-,35-34-. The van der Waals surface area contributed by atoms with Crippen molar-refractivity contribution < 1.29 is 89.4 Å². The number of hydrogen-bond donors (Lipinski definition) is 12. The molecular weight excluding hydrogens is 1360 g/mol. The number of amides is 1. The zero-order chi connectivity index (χ0) is 77.4. The highest BCUT2D eigenvalue weighted by molar-refractivity contribution is 5.76. The van der Waals surface area contributed by atoms with E-state index in [-0.39, 0.29) is 18.9 Å². The fraction of sp³-hybridized carbons (Fsp3) is 0.830. The van der Waals surface area contributed by atoms with Gasteiger partial charge in [-0.15, -0.1) is 0 Å². The molecule has 0 spiro atoms. The van der Waals surface area contributed by atoms with Crippen molar-refractivity contribution in [2.24, 2.45) is 0 Å². The largest absolute Gasteiger partial charge is 0.394 e. The van der Waals surface area contributed by atoms with E-state index in [2.05, 4.69) is 104 Å². The summed E-state index contributed by atoms with van der Waals surface area (Å²) in [6.45, 7) is 1.73. The number of nitrogens with one attached hydrogen (secondary N) is 1. The van der Waals surface area contributed by atoms with Crippen LogP contribution in [0.2, 0.25) is 0 Å². The maximum Gasteiger partial charge on any atom is 0.220 e. The van der Waals surface area contributed by atoms with Gasteiger partial charge in [0.2, 0.25) is 5.91 Å². The monoisotopic (exact) mass is 1520 g/mol. The number of rotatable bonds is 69. The van der Waals surface area contributed by atoms with Crippen LogP contribution in [0.4, 0.5) is 0 Å². The van der Waals surface area contributed by atoms with Crippen molar-refractivity contribution in [1.29, 1.82) is 0 Å². The Morgan fingerprint density at radius 3 is 1.01 bits per heavy atom. The van der Waals surface area contributed by atoms with Crippen molar-refractivity contribution in [2.75, 3.05) is 26.4 Å². The van der Waals surface area contributed by atoms with Gasteiger partial charge in [-0.1, -0.05) is 343 Å². The lowest BCUT2D eigenvalue weighted by Crippen LogP contribution is -2.66. The molecule has 622 valence electrons. The maximum absolute atomic E-state index is 13.5. The molecule has 17 unspecified atom stereocenters. The molecule has 0 aromatic rings. The minimum Gasteiger partial charge on any atom is -0.394 e. The van der Waals surface area contributed by atoms with Crippen molar-refractivity contribution >= 4 is 5.91 Å². The molecule has 0 aromatic carbocycles. The molecule has 0 saturated carbocycles. The summed E-state index contributed by atoms with van der Waals surface area (Å²) < 4.78 is 34.6. The smallest absolute Gasteiger partial charge is 0.220 e. The van der Waals surface area contributed by atoms with Gasteiger partial charge in [-0.05, 0) is 70.6 Å². The Labute approximate surface area is 648 Å². The number of carbonyl (C=O) groups is 1. The Bertz CT molecular complexity index is 2260. The Morgan fingerprint density at radius 1 is 0.346 bits per heavy atom. The summed E-state index contributed by atoms with van der Waals surface area (Å²) in [6, 6.07) is -0.891. The van der Waals surface area contributed by atoms with Crippen LogP contribution in [0.15, 0.2) is 85.1 Å². The molecule has 0 aromatic heterocycles.